The number of guanidine groups is 1. The number of ether oxygens (including phenoxy) is 1. The second kappa shape index (κ2) is 10.1. The number of aliphatic imine (C=N–C) groups is 1. The lowest BCUT2D eigenvalue weighted by Gasteiger charge is -2.18. The van der Waals surface area contributed by atoms with E-state index >= 15 is 0 Å². The molecule has 0 saturated carbocycles. The fraction of sp³-hybridized carbons (Fsp3) is 0.556. The Bertz CT molecular complexity index is 597. The predicted octanol–water partition coefficient (Wildman–Crippen LogP) is 2.22. The van der Waals surface area contributed by atoms with Gasteiger partial charge >= 0.3 is 0 Å². The third-order valence-corrected chi connectivity index (χ3v) is 3.91. The highest BCUT2D eigenvalue weighted by atomic mass is 35.5. The van der Waals surface area contributed by atoms with Crippen molar-refractivity contribution in [2.45, 2.75) is 27.2 Å². The molecule has 0 aliphatic carbocycles. The number of nitrogens with one attached hydrogen (secondary N) is 3. The van der Waals surface area contributed by atoms with E-state index in [1.165, 1.54) is 0 Å². The summed E-state index contributed by atoms with van der Waals surface area (Å²) in [5, 5.41) is 9.97. The molecule has 140 valence electrons. The molecule has 0 saturated heterocycles. The van der Waals surface area contributed by atoms with Crippen molar-refractivity contribution in [2.75, 3.05) is 33.8 Å². The second-order valence-electron chi connectivity index (χ2n) is 6.64. The van der Waals surface area contributed by atoms with Gasteiger partial charge in [0, 0.05) is 37.1 Å². The van der Waals surface area contributed by atoms with Crippen molar-refractivity contribution in [3.8, 4) is 5.75 Å². The molecule has 0 unspecified atom stereocenters. The first kappa shape index (κ1) is 21.1. The molecule has 1 aromatic carbocycles. The summed E-state index contributed by atoms with van der Waals surface area (Å²) in [7, 11) is 3.33. The quantitative estimate of drug-likeness (QED) is 0.392. The lowest BCUT2D eigenvalue weighted by molar-refractivity contribution is -0.128. The van der Waals surface area contributed by atoms with Crippen LogP contribution < -0.4 is 20.7 Å². The number of carbonyl (C=O) groups excluding carboxylic acids is 1. The number of hydrogen-bond acceptors (Lipinski definition) is 3. The van der Waals surface area contributed by atoms with Gasteiger partial charge in [0.05, 0.1) is 7.11 Å². The molecule has 7 heteroatoms. The number of carbonyl (C=O) groups is 1. The maximum Gasteiger partial charge on any atom is 0.225 e. The zero-order chi connectivity index (χ0) is 18.9. The number of methoxy groups -OCH3 is 1. The van der Waals surface area contributed by atoms with Crippen molar-refractivity contribution >= 4 is 23.5 Å². The smallest absolute Gasteiger partial charge is 0.225 e. The number of rotatable bonds is 7. The molecule has 0 spiro atoms. The Kier molecular flexibility index (Phi) is 8.55. The molecule has 0 bridgehead atoms. The summed E-state index contributed by atoms with van der Waals surface area (Å²) in [4.78, 5) is 15.9. The Morgan fingerprint density at radius 1 is 1.16 bits per heavy atom. The van der Waals surface area contributed by atoms with Crippen LogP contribution in [-0.2, 0) is 11.2 Å². The van der Waals surface area contributed by atoms with Crippen LogP contribution in [0.25, 0.3) is 0 Å². The number of amides is 1. The van der Waals surface area contributed by atoms with Gasteiger partial charge in [-0.2, -0.15) is 0 Å². The molecule has 0 aliphatic rings. The molecular weight excluding hydrogens is 340 g/mol. The molecule has 25 heavy (non-hydrogen) atoms. The minimum atomic E-state index is -0.377. The SMILES string of the molecule is CN=C(NCCNC(=O)C(C)(C)C)NCCc1ccc(OC)cc1Cl. The van der Waals surface area contributed by atoms with Crippen molar-refractivity contribution in [1.29, 1.82) is 0 Å². The normalized spacial score (nSPS) is 11.8. The zero-order valence-corrected chi connectivity index (χ0v) is 16.5. The van der Waals surface area contributed by atoms with E-state index in [-0.39, 0.29) is 11.3 Å². The number of nitrogens with zero attached hydrogens (tertiary/aromatic N) is 1. The summed E-state index contributed by atoms with van der Waals surface area (Å²) in [6.45, 7) is 7.51. The Morgan fingerprint density at radius 3 is 2.36 bits per heavy atom. The van der Waals surface area contributed by atoms with Crippen molar-refractivity contribution in [3.05, 3.63) is 28.8 Å². The summed E-state index contributed by atoms with van der Waals surface area (Å²) < 4.78 is 5.14. The summed E-state index contributed by atoms with van der Waals surface area (Å²) in [5.74, 6) is 1.47. The van der Waals surface area contributed by atoms with Gasteiger partial charge in [0.1, 0.15) is 5.75 Å². The Balaban J connectivity index is 2.32. The van der Waals surface area contributed by atoms with Gasteiger partial charge in [0.2, 0.25) is 5.91 Å². The average Bonchev–Trinajstić information content (AvgIpc) is 2.57. The largest absolute Gasteiger partial charge is 0.497 e. The van der Waals surface area contributed by atoms with Crippen molar-refractivity contribution in [1.82, 2.24) is 16.0 Å². The molecule has 3 N–H and O–H groups in total. The zero-order valence-electron chi connectivity index (χ0n) is 15.7. The summed E-state index contributed by atoms with van der Waals surface area (Å²) in [6, 6.07) is 5.66. The first-order valence-electron chi connectivity index (χ1n) is 8.33. The average molecular weight is 369 g/mol. The maximum absolute atomic E-state index is 11.8. The van der Waals surface area contributed by atoms with Gasteiger partial charge in [0.25, 0.3) is 0 Å². The standard InChI is InChI=1S/C18H29ClN4O2/c1-18(2,3)16(24)21-10-11-23-17(20-4)22-9-8-13-6-7-14(25-5)12-15(13)19/h6-7,12H,8-11H2,1-5H3,(H,21,24)(H2,20,22,23). The van der Waals surface area contributed by atoms with Crippen molar-refractivity contribution in [2.24, 2.45) is 10.4 Å². The highest BCUT2D eigenvalue weighted by molar-refractivity contribution is 6.31. The van der Waals surface area contributed by atoms with Gasteiger partial charge in [-0.1, -0.05) is 38.4 Å². The van der Waals surface area contributed by atoms with E-state index in [2.05, 4.69) is 20.9 Å². The second-order valence-corrected chi connectivity index (χ2v) is 7.05. The Labute approximate surface area is 155 Å². The highest BCUT2D eigenvalue weighted by Crippen LogP contribution is 2.22. The Morgan fingerprint density at radius 2 is 1.80 bits per heavy atom. The molecule has 1 rings (SSSR count). The molecule has 1 amide bonds. The monoisotopic (exact) mass is 368 g/mol. The van der Waals surface area contributed by atoms with E-state index in [0.717, 1.165) is 17.7 Å². The molecule has 1 aromatic rings. The topological polar surface area (TPSA) is 74.8 Å². The predicted molar refractivity (Wildman–Crippen MR) is 104 cm³/mol. The molecule has 0 aromatic heterocycles. The molecule has 0 heterocycles. The summed E-state index contributed by atoms with van der Waals surface area (Å²) >= 11 is 6.23. The van der Waals surface area contributed by atoms with Gasteiger partial charge in [-0.15, -0.1) is 0 Å². The van der Waals surface area contributed by atoms with Crippen molar-refractivity contribution < 1.29 is 9.53 Å². The fourth-order valence-corrected chi connectivity index (χ4v) is 2.28. The maximum atomic E-state index is 11.8. The van der Waals surface area contributed by atoms with Crippen LogP contribution in [0.5, 0.6) is 5.75 Å². The van der Waals surface area contributed by atoms with Gasteiger partial charge < -0.3 is 20.7 Å². The minimum absolute atomic E-state index is 0.0337. The van der Waals surface area contributed by atoms with Gasteiger partial charge in [-0.3, -0.25) is 9.79 Å². The molecule has 6 nitrogen and oxygen atoms in total. The van der Waals surface area contributed by atoms with E-state index in [9.17, 15) is 4.79 Å². The van der Waals surface area contributed by atoms with E-state index in [0.29, 0.717) is 30.6 Å². The molecule has 0 fully saturated rings. The molecular formula is C18H29ClN4O2. The van der Waals surface area contributed by atoms with Crippen LogP contribution in [0.4, 0.5) is 0 Å². The lowest BCUT2D eigenvalue weighted by atomic mass is 9.96. The van der Waals surface area contributed by atoms with Crippen molar-refractivity contribution in [3.63, 3.8) is 0 Å². The van der Waals surface area contributed by atoms with Crippen LogP contribution >= 0.6 is 11.6 Å². The minimum Gasteiger partial charge on any atom is -0.497 e. The number of halogens is 1. The first-order valence-corrected chi connectivity index (χ1v) is 8.71. The van der Waals surface area contributed by atoms with Gasteiger partial charge in [-0.25, -0.2) is 0 Å². The van der Waals surface area contributed by atoms with Crippen LogP contribution in [0, 0.1) is 5.41 Å². The molecule has 0 aliphatic heterocycles. The number of benzene rings is 1. The molecule has 0 atom stereocenters. The third-order valence-electron chi connectivity index (χ3n) is 3.55. The van der Waals surface area contributed by atoms with Gasteiger partial charge in [0.15, 0.2) is 5.96 Å². The highest BCUT2D eigenvalue weighted by Gasteiger charge is 2.20. The first-order chi connectivity index (χ1) is 11.8. The van der Waals surface area contributed by atoms with E-state index < -0.39 is 0 Å². The van der Waals surface area contributed by atoms with E-state index in [4.69, 9.17) is 16.3 Å². The number of hydrogen-bond donors (Lipinski definition) is 3. The van der Waals surface area contributed by atoms with Gasteiger partial charge in [-0.05, 0) is 24.1 Å². The summed E-state index contributed by atoms with van der Waals surface area (Å²) in [6.07, 6.45) is 0.768. The molecule has 0 radical (unpaired) electrons. The Hall–Kier alpha value is -1.95. The van der Waals surface area contributed by atoms with Crippen LogP contribution in [0.15, 0.2) is 23.2 Å². The summed E-state index contributed by atoms with van der Waals surface area (Å²) in [5.41, 5.74) is 0.667. The van der Waals surface area contributed by atoms with Crippen LogP contribution in [-0.4, -0.2) is 45.7 Å². The third kappa shape index (κ3) is 7.65. The van der Waals surface area contributed by atoms with E-state index in [1.807, 2.05) is 39.0 Å². The lowest BCUT2D eigenvalue weighted by Crippen LogP contribution is -2.43. The van der Waals surface area contributed by atoms with Crippen LogP contribution in [0.2, 0.25) is 5.02 Å². The van der Waals surface area contributed by atoms with Crippen LogP contribution in [0.3, 0.4) is 0 Å². The fourth-order valence-electron chi connectivity index (χ4n) is 2.02. The van der Waals surface area contributed by atoms with E-state index in [1.54, 1.807) is 14.2 Å². The van der Waals surface area contributed by atoms with Crippen LogP contribution in [0.1, 0.15) is 26.3 Å².